The van der Waals surface area contributed by atoms with Crippen LogP contribution in [0.4, 0.5) is 18.0 Å². The zero-order valence-corrected chi connectivity index (χ0v) is 13.5. The third kappa shape index (κ3) is 3.48. The van der Waals surface area contributed by atoms with E-state index in [1.165, 1.54) is 4.90 Å². The van der Waals surface area contributed by atoms with Gasteiger partial charge in [0.2, 0.25) is 0 Å². The number of nitrogens with one attached hydrogen (secondary N) is 1. The van der Waals surface area contributed by atoms with Gasteiger partial charge in [-0.15, -0.1) is 0 Å². The first-order chi connectivity index (χ1) is 11.4. The molecule has 0 aliphatic carbocycles. The minimum Gasteiger partial charge on any atom is -0.396 e. The summed E-state index contributed by atoms with van der Waals surface area (Å²) in [4.78, 5) is 15.4. The van der Waals surface area contributed by atoms with E-state index in [9.17, 15) is 23.1 Å². The number of urea groups is 1. The molecule has 3 saturated heterocycles. The zero-order chi connectivity index (χ0) is 17.3. The van der Waals surface area contributed by atoms with Crippen LogP contribution in [0.15, 0.2) is 0 Å². The predicted molar refractivity (Wildman–Crippen MR) is 79.5 cm³/mol. The van der Waals surface area contributed by atoms with Crippen LogP contribution in [0.25, 0.3) is 0 Å². The summed E-state index contributed by atoms with van der Waals surface area (Å²) in [6.07, 6.45) is -1.99. The van der Waals surface area contributed by atoms with E-state index >= 15 is 0 Å². The van der Waals surface area contributed by atoms with Crippen molar-refractivity contribution in [2.75, 3.05) is 39.5 Å². The molecule has 2 bridgehead atoms. The van der Waals surface area contributed by atoms with Gasteiger partial charge >= 0.3 is 12.2 Å². The lowest BCUT2D eigenvalue weighted by Crippen LogP contribution is -2.57. The van der Waals surface area contributed by atoms with Crippen molar-refractivity contribution in [3.63, 3.8) is 0 Å². The van der Waals surface area contributed by atoms with Crippen LogP contribution < -0.4 is 5.32 Å². The first kappa shape index (κ1) is 17.8. The largest absolute Gasteiger partial charge is 0.405 e. The van der Waals surface area contributed by atoms with E-state index in [1.54, 1.807) is 4.90 Å². The Balaban J connectivity index is 1.59. The van der Waals surface area contributed by atoms with E-state index in [-0.39, 0.29) is 50.9 Å². The highest BCUT2D eigenvalue weighted by Crippen LogP contribution is 2.41. The summed E-state index contributed by atoms with van der Waals surface area (Å²) in [5.74, 6) is 0.0483. The van der Waals surface area contributed by atoms with Gasteiger partial charge in [0.1, 0.15) is 6.04 Å². The molecule has 3 aliphatic heterocycles. The molecule has 0 radical (unpaired) electrons. The van der Waals surface area contributed by atoms with Crippen LogP contribution in [0.3, 0.4) is 0 Å². The smallest absolute Gasteiger partial charge is 0.396 e. The maximum atomic E-state index is 13.3. The van der Waals surface area contributed by atoms with E-state index in [1.807, 2.05) is 0 Å². The number of rotatable bonds is 4. The zero-order valence-electron chi connectivity index (χ0n) is 13.5. The average molecular weight is 351 g/mol. The molecule has 0 spiro atoms. The number of carbonyl (C=O) groups excluding carboxylic acids is 1. The minimum absolute atomic E-state index is 0.0178. The molecule has 0 aromatic heterocycles. The number of halogens is 3. The SMILES string of the molecule is O=C(NCC(N1CCOCC1)C(F)(F)F)N1C2CCC1C(CO)C2. The molecule has 24 heavy (non-hydrogen) atoms. The van der Waals surface area contributed by atoms with Gasteiger partial charge in [-0.25, -0.2) is 4.79 Å². The highest BCUT2D eigenvalue weighted by molar-refractivity contribution is 5.75. The number of amides is 2. The van der Waals surface area contributed by atoms with Gasteiger partial charge in [-0.1, -0.05) is 0 Å². The number of aliphatic hydroxyl groups excluding tert-OH is 1. The van der Waals surface area contributed by atoms with Crippen LogP contribution in [0.2, 0.25) is 0 Å². The normalized spacial score (nSPS) is 32.2. The van der Waals surface area contributed by atoms with Crippen LogP contribution in [0.5, 0.6) is 0 Å². The molecule has 0 saturated carbocycles. The fourth-order valence-corrected chi connectivity index (χ4v) is 4.24. The summed E-state index contributed by atoms with van der Waals surface area (Å²) in [7, 11) is 0. The fraction of sp³-hybridized carbons (Fsp3) is 0.933. The summed E-state index contributed by atoms with van der Waals surface area (Å²) < 4.78 is 45.1. The van der Waals surface area contributed by atoms with Gasteiger partial charge in [-0.2, -0.15) is 13.2 Å². The molecule has 2 amide bonds. The van der Waals surface area contributed by atoms with E-state index in [0.29, 0.717) is 0 Å². The molecule has 0 aromatic carbocycles. The molecule has 3 rings (SSSR count). The molecule has 2 N–H and O–H groups in total. The van der Waals surface area contributed by atoms with E-state index < -0.39 is 24.8 Å². The number of hydrogen-bond acceptors (Lipinski definition) is 4. The average Bonchev–Trinajstić information content (AvgIpc) is 3.12. The molecule has 0 aromatic rings. The van der Waals surface area contributed by atoms with E-state index in [4.69, 9.17) is 4.74 Å². The van der Waals surface area contributed by atoms with Gasteiger partial charge in [0.25, 0.3) is 0 Å². The first-order valence-electron chi connectivity index (χ1n) is 8.47. The molecule has 3 aliphatic rings. The van der Waals surface area contributed by atoms with Gasteiger partial charge in [0.15, 0.2) is 0 Å². The van der Waals surface area contributed by atoms with Crippen molar-refractivity contribution in [1.82, 2.24) is 15.1 Å². The maximum absolute atomic E-state index is 13.3. The van der Waals surface area contributed by atoms with Crippen LogP contribution in [-0.2, 0) is 4.74 Å². The predicted octanol–water partition coefficient (Wildman–Crippen LogP) is 0.804. The van der Waals surface area contributed by atoms with Gasteiger partial charge in [0, 0.05) is 44.2 Å². The van der Waals surface area contributed by atoms with Crippen LogP contribution in [0, 0.1) is 5.92 Å². The van der Waals surface area contributed by atoms with Crippen LogP contribution in [0.1, 0.15) is 19.3 Å². The standard InChI is InChI=1S/C15H24F3N3O3/c16-15(17,18)13(20-3-5-24-6-4-20)8-19-14(23)21-11-1-2-12(21)10(7-11)9-22/h10-13,22H,1-9H2,(H,19,23). The Hall–Kier alpha value is -1.06. The molecule has 4 unspecified atom stereocenters. The number of nitrogens with zero attached hydrogens (tertiary/aromatic N) is 2. The quantitative estimate of drug-likeness (QED) is 0.787. The molecule has 3 fully saturated rings. The third-order valence-electron chi connectivity index (χ3n) is 5.45. The number of hydrogen-bond donors (Lipinski definition) is 2. The van der Waals surface area contributed by atoms with Gasteiger partial charge in [-0.3, -0.25) is 4.90 Å². The Morgan fingerprint density at radius 2 is 2.00 bits per heavy atom. The van der Waals surface area contributed by atoms with E-state index in [2.05, 4.69) is 5.32 Å². The Labute approximate surface area is 138 Å². The summed E-state index contributed by atoms with van der Waals surface area (Å²) in [6.45, 7) is 0.527. The van der Waals surface area contributed by atoms with Crippen molar-refractivity contribution >= 4 is 6.03 Å². The summed E-state index contributed by atoms with van der Waals surface area (Å²) in [5.41, 5.74) is 0. The minimum atomic E-state index is -4.40. The molecule has 9 heteroatoms. The van der Waals surface area contributed by atoms with Crippen molar-refractivity contribution in [2.45, 2.75) is 43.6 Å². The number of fused-ring (bicyclic) bond motifs is 2. The van der Waals surface area contributed by atoms with Crippen LogP contribution in [-0.4, -0.2) is 84.7 Å². The fourth-order valence-electron chi connectivity index (χ4n) is 4.24. The van der Waals surface area contributed by atoms with E-state index in [0.717, 1.165) is 19.3 Å². The second-order valence-electron chi connectivity index (χ2n) is 6.78. The monoisotopic (exact) mass is 351 g/mol. The Bertz CT molecular complexity index is 457. The number of carbonyl (C=O) groups is 1. The number of alkyl halides is 3. The number of aliphatic hydroxyl groups is 1. The second kappa shape index (κ2) is 7.05. The Morgan fingerprint density at radius 3 is 2.58 bits per heavy atom. The molecule has 138 valence electrons. The van der Waals surface area contributed by atoms with Gasteiger partial charge in [0.05, 0.1) is 13.2 Å². The molecule has 3 heterocycles. The molecular formula is C15H24F3N3O3. The lowest BCUT2D eigenvalue weighted by Gasteiger charge is -2.36. The van der Waals surface area contributed by atoms with Crippen molar-refractivity contribution < 1.29 is 27.8 Å². The Morgan fingerprint density at radius 1 is 1.29 bits per heavy atom. The van der Waals surface area contributed by atoms with Gasteiger partial charge < -0.3 is 20.1 Å². The Kier molecular flexibility index (Phi) is 5.22. The number of ether oxygens (including phenoxy) is 1. The van der Waals surface area contributed by atoms with Crippen LogP contribution >= 0.6 is 0 Å². The topological polar surface area (TPSA) is 65.0 Å². The lowest BCUT2D eigenvalue weighted by molar-refractivity contribution is -0.190. The van der Waals surface area contributed by atoms with Crippen molar-refractivity contribution in [1.29, 1.82) is 0 Å². The molecular weight excluding hydrogens is 327 g/mol. The summed E-state index contributed by atoms with van der Waals surface area (Å²) >= 11 is 0. The maximum Gasteiger partial charge on any atom is 0.405 e. The van der Waals surface area contributed by atoms with Crippen molar-refractivity contribution in [3.05, 3.63) is 0 Å². The summed E-state index contributed by atoms with van der Waals surface area (Å²) in [5, 5.41) is 11.8. The highest BCUT2D eigenvalue weighted by atomic mass is 19.4. The second-order valence-corrected chi connectivity index (χ2v) is 6.78. The highest BCUT2D eigenvalue weighted by Gasteiger charge is 2.49. The summed E-state index contributed by atoms with van der Waals surface area (Å²) in [6, 6.07) is -2.15. The van der Waals surface area contributed by atoms with Crippen molar-refractivity contribution in [3.8, 4) is 0 Å². The lowest BCUT2D eigenvalue weighted by atomic mass is 9.90. The molecule has 6 nitrogen and oxygen atoms in total. The van der Waals surface area contributed by atoms with Crippen molar-refractivity contribution in [2.24, 2.45) is 5.92 Å². The first-order valence-corrected chi connectivity index (χ1v) is 8.47. The molecule has 4 atom stereocenters. The van der Waals surface area contributed by atoms with Gasteiger partial charge in [-0.05, 0) is 19.3 Å². The third-order valence-corrected chi connectivity index (χ3v) is 5.45. The number of morpholine rings is 1.